The number of nitriles is 1. The first kappa shape index (κ1) is 12.8. The summed E-state index contributed by atoms with van der Waals surface area (Å²) in [5, 5.41) is 8.92. The predicted octanol–water partition coefficient (Wildman–Crippen LogP) is 2.92. The van der Waals surface area contributed by atoms with Crippen LogP contribution < -0.4 is 4.90 Å². The van der Waals surface area contributed by atoms with E-state index in [4.69, 9.17) is 5.26 Å². The molecule has 2 aromatic rings. The van der Waals surface area contributed by atoms with Crippen LogP contribution in [0.2, 0.25) is 0 Å². The summed E-state index contributed by atoms with van der Waals surface area (Å²) >= 11 is 0. The normalized spacial score (nSPS) is 9.74. The molecule has 0 aliphatic carbocycles. The Morgan fingerprint density at radius 1 is 1.32 bits per heavy atom. The van der Waals surface area contributed by atoms with Crippen LogP contribution >= 0.6 is 0 Å². The summed E-state index contributed by atoms with van der Waals surface area (Å²) < 4.78 is 0. The van der Waals surface area contributed by atoms with Crippen molar-refractivity contribution < 1.29 is 4.79 Å². The van der Waals surface area contributed by atoms with Gasteiger partial charge in [0.1, 0.15) is 5.82 Å². The van der Waals surface area contributed by atoms with Crippen molar-refractivity contribution in [1.82, 2.24) is 4.98 Å². The third-order valence-electron chi connectivity index (χ3n) is 2.85. The molecule has 0 unspecified atom stereocenters. The van der Waals surface area contributed by atoms with Gasteiger partial charge in [-0.25, -0.2) is 4.98 Å². The third-order valence-corrected chi connectivity index (χ3v) is 2.85. The van der Waals surface area contributed by atoms with E-state index in [0.717, 1.165) is 5.69 Å². The standard InChI is InChI=1S/C15H13N3O/c1-11(19)14-7-4-8-17-15(14)18(2)13-6-3-5-12(9-13)10-16/h3-9H,1-2H3. The lowest BCUT2D eigenvalue weighted by Crippen LogP contribution is -2.15. The van der Waals surface area contributed by atoms with Crippen LogP contribution in [0.25, 0.3) is 0 Å². The number of pyridine rings is 1. The van der Waals surface area contributed by atoms with Gasteiger partial charge in [0.15, 0.2) is 5.78 Å². The van der Waals surface area contributed by atoms with Crippen LogP contribution in [0.5, 0.6) is 0 Å². The van der Waals surface area contributed by atoms with Crippen molar-refractivity contribution in [2.75, 3.05) is 11.9 Å². The molecule has 0 atom stereocenters. The van der Waals surface area contributed by atoms with Gasteiger partial charge >= 0.3 is 0 Å². The predicted molar refractivity (Wildman–Crippen MR) is 73.5 cm³/mol. The van der Waals surface area contributed by atoms with Crippen molar-refractivity contribution in [1.29, 1.82) is 5.26 Å². The quantitative estimate of drug-likeness (QED) is 0.787. The van der Waals surface area contributed by atoms with Crippen LogP contribution in [0.3, 0.4) is 0 Å². The summed E-state index contributed by atoms with van der Waals surface area (Å²) in [4.78, 5) is 17.7. The number of benzene rings is 1. The number of carbonyl (C=O) groups is 1. The fraction of sp³-hybridized carbons (Fsp3) is 0.133. The molecule has 0 aliphatic heterocycles. The molecule has 1 aromatic heterocycles. The highest BCUT2D eigenvalue weighted by Crippen LogP contribution is 2.25. The molecule has 0 fully saturated rings. The molecule has 0 aliphatic rings. The van der Waals surface area contributed by atoms with Crippen LogP contribution in [-0.2, 0) is 0 Å². The number of aromatic nitrogens is 1. The zero-order valence-corrected chi connectivity index (χ0v) is 10.8. The fourth-order valence-corrected chi connectivity index (χ4v) is 1.85. The van der Waals surface area contributed by atoms with Gasteiger partial charge in [0.25, 0.3) is 0 Å². The van der Waals surface area contributed by atoms with Gasteiger partial charge < -0.3 is 4.90 Å². The maximum absolute atomic E-state index is 11.6. The topological polar surface area (TPSA) is 57.0 Å². The van der Waals surface area contributed by atoms with Gasteiger partial charge in [0.2, 0.25) is 0 Å². The molecule has 0 bridgehead atoms. The second-order valence-corrected chi connectivity index (χ2v) is 4.15. The Morgan fingerprint density at radius 3 is 2.79 bits per heavy atom. The lowest BCUT2D eigenvalue weighted by Gasteiger charge is -2.20. The minimum Gasteiger partial charge on any atom is -0.329 e. The third kappa shape index (κ3) is 2.61. The van der Waals surface area contributed by atoms with Crippen LogP contribution in [0, 0.1) is 11.3 Å². The average Bonchev–Trinajstić information content (AvgIpc) is 2.46. The lowest BCUT2D eigenvalue weighted by atomic mass is 10.1. The largest absolute Gasteiger partial charge is 0.329 e. The summed E-state index contributed by atoms with van der Waals surface area (Å²) in [5.41, 5.74) is 1.96. The first-order valence-corrected chi connectivity index (χ1v) is 5.83. The average molecular weight is 251 g/mol. The molecule has 4 nitrogen and oxygen atoms in total. The summed E-state index contributed by atoms with van der Waals surface area (Å²) in [6, 6.07) is 12.8. The Balaban J connectivity index is 2.47. The van der Waals surface area contributed by atoms with E-state index in [0.29, 0.717) is 16.9 Å². The highest BCUT2D eigenvalue weighted by molar-refractivity contribution is 5.99. The van der Waals surface area contributed by atoms with Crippen molar-refractivity contribution >= 4 is 17.3 Å². The maximum atomic E-state index is 11.6. The van der Waals surface area contributed by atoms with Gasteiger partial charge in [0, 0.05) is 18.9 Å². The molecule has 0 N–H and O–H groups in total. The molecule has 0 saturated heterocycles. The van der Waals surface area contributed by atoms with Gasteiger partial charge in [-0.15, -0.1) is 0 Å². The number of rotatable bonds is 3. The van der Waals surface area contributed by atoms with Crippen molar-refractivity contribution in [3.05, 3.63) is 53.7 Å². The molecule has 1 heterocycles. The molecule has 0 spiro atoms. The zero-order valence-electron chi connectivity index (χ0n) is 10.8. The van der Waals surface area contributed by atoms with Crippen molar-refractivity contribution in [3.63, 3.8) is 0 Å². The molecular weight excluding hydrogens is 238 g/mol. The van der Waals surface area contributed by atoms with E-state index >= 15 is 0 Å². The van der Waals surface area contributed by atoms with E-state index in [9.17, 15) is 4.79 Å². The Kier molecular flexibility index (Phi) is 3.58. The van der Waals surface area contributed by atoms with Gasteiger partial charge in [-0.3, -0.25) is 4.79 Å². The maximum Gasteiger partial charge on any atom is 0.163 e. The number of hydrogen-bond donors (Lipinski definition) is 0. The number of carbonyl (C=O) groups excluding carboxylic acids is 1. The molecule has 0 saturated carbocycles. The highest BCUT2D eigenvalue weighted by Gasteiger charge is 2.13. The van der Waals surface area contributed by atoms with Crippen molar-refractivity contribution in [2.24, 2.45) is 0 Å². The first-order chi connectivity index (χ1) is 9.13. The number of nitrogens with zero attached hydrogens (tertiary/aromatic N) is 3. The zero-order chi connectivity index (χ0) is 13.8. The smallest absolute Gasteiger partial charge is 0.163 e. The Hall–Kier alpha value is -2.67. The Morgan fingerprint density at radius 2 is 2.11 bits per heavy atom. The molecule has 4 heteroatoms. The van der Waals surface area contributed by atoms with Gasteiger partial charge in [-0.2, -0.15) is 5.26 Å². The molecule has 2 rings (SSSR count). The first-order valence-electron chi connectivity index (χ1n) is 5.83. The van der Waals surface area contributed by atoms with Gasteiger partial charge in [-0.05, 0) is 37.3 Å². The number of ketones is 1. The van der Waals surface area contributed by atoms with Gasteiger partial charge in [0.05, 0.1) is 17.2 Å². The van der Waals surface area contributed by atoms with Gasteiger partial charge in [-0.1, -0.05) is 6.07 Å². The van der Waals surface area contributed by atoms with E-state index in [2.05, 4.69) is 11.1 Å². The summed E-state index contributed by atoms with van der Waals surface area (Å²) in [5.74, 6) is 0.552. The number of Topliss-reactive ketones (excluding diaryl/α,β-unsaturated/α-hetero) is 1. The minimum atomic E-state index is -0.0358. The monoisotopic (exact) mass is 251 g/mol. The summed E-state index contributed by atoms with van der Waals surface area (Å²) in [6.07, 6.45) is 1.65. The fourth-order valence-electron chi connectivity index (χ4n) is 1.85. The Bertz CT molecular complexity index is 658. The lowest BCUT2D eigenvalue weighted by molar-refractivity contribution is 0.101. The van der Waals surface area contributed by atoms with E-state index < -0.39 is 0 Å². The summed E-state index contributed by atoms with van der Waals surface area (Å²) in [6.45, 7) is 1.51. The van der Waals surface area contributed by atoms with E-state index in [1.165, 1.54) is 6.92 Å². The molecular formula is C15H13N3O. The van der Waals surface area contributed by atoms with E-state index in [-0.39, 0.29) is 5.78 Å². The van der Waals surface area contributed by atoms with Crippen LogP contribution in [-0.4, -0.2) is 17.8 Å². The second kappa shape index (κ2) is 5.32. The van der Waals surface area contributed by atoms with Crippen LogP contribution in [0.4, 0.5) is 11.5 Å². The second-order valence-electron chi connectivity index (χ2n) is 4.15. The highest BCUT2D eigenvalue weighted by atomic mass is 16.1. The SMILES string of the molecule is CC(=O)c1cccnc1N(C)c1cccc(C#N)c1. The molecule has 0 radical (unpaired) electrons. The molecule has 19 heavy (non-hydrogen) atoms. The van der Waals surface area contributed by atoms with Crippen LogP contribution in [0.1, 0.15) is 22.8 Å². The van der Waals surface area contributed by atoms with Crippen molar-refractivity contribution in [3.8, 4) is 6.07 Å². The van der Waals surface area contributed by atoms with E-state index in [1.54, 1.807) is 41.4 Å². The van der Waals surface area contributed by atoms with Crippen molar-refractivity contribution in [2.45, 2.75) is 6.92 Å². The van der Waals surface area contributed by atoms with E-state index in [1.807, 2.05) is 13.1 Å². The molecule has 0 amide bonds. The minimum absolute atomic E-state index is 0.0358. The number of hydrogen-bond acceptors (Lipinski definition) is 4. The number of anilines is 2. The Labute approximate surface area is 111 Å². The molecule has 94 valence electrons. The van der Waals surface area contributed by atoms with Crippen LogP contribution in [0.15, 0.2) is 42.6 Å². The summed E-state index contributed by atoms with van der Waals surface area (Å²) in [7, 11) is 1.82. The molecule has 1 aromatic carbocycles.